The molecule has 3 heterocycles. The highest BCUT2D eigenvalue weighted by molar-refractivity contribution is 14.0. The van der Waals surface area contributed by atoms with Gasteiger partial charge in [0.05, 0.1) is 12.7 Å². The zero-order chi connectivity index (χ0) is 16.1. The SMILES string of the molecule is CCN1CCCC1CNC(=NC)NCC1CN2CCCC2CO1.I. The van der Waals surface area contributed by atoms with Gasteiger partial charge in [-0.15, -0.1) is 24.0 Å². The second-order valence-corrected chi connectivity index (χ2v) is 7.00. The number of guanidine groups is 1. The van der Waals surface area contributed by atoms with E-state index in [-0.39, 0.29) is 30.1 Å². The van der Waals surface area contributed by atoms with Crippen LogP contribution in [0.15, 0.2) is 4.99 Å². The van der Waals surface area contributed by atoms with Crippen molar-refractivity contribution in [1.82, 2.24) is 20.4 Å². The van der Waals surface area contributed by atoms with Gasteiger partial charge in [-0.1, -0.05) is 6.92 Å². The third kappa shape index (κ3) is 5.19. The van der Waals surface area contributed by atoms with E-state index < -0.39 is 0 Å². The van der Waals surface area contributed by atoms with Crippen LogP contribution in [0.4, 0.5) is 0 Å². The van der Waals surface area contributed by atoms with Gasteiger partial charge in [0.1, 0.15) is 0 Å². The molecule has 2 N–H and O–H groups in total. The van der Waals surface area contributed by atoms with Crippen molar-refractivity contribution >= 4 is 29.9 Å². The molecular formula is C17H34IN5O. The van der Waals surface area contributed by atoms with Crippen molar-refractivity contribution in [2.24, 2.45) is 4.99 Å². The number of rotatable bonds is 5. The third-order valence-corrected chi connectivity index (χ3v) is 5.59. The Kier molecular flexibility index (Phi) is 8.53. The molecule has 0 spiro atoms. The van der Waals surface area contributed by atoms with Gasteiger partial charge in [0.25, 0.3) is 0 Å². The van der Waals surface area contributed by atoms with Gasteiger partial charge >= 0.3 is 0 Å². The summed E-state index contributed by atoms with van der Waals surface area (Å²) in [4.78, 5) is 9.50. The summed E-state index contributed by atoms with van der Waals surface area (Å²) in [5, 5.41) is 6.93. The number of fused-ring (bicyclic) bond motifs is 1. The minimum atomic E-state index is 0. The zero-order valence-electron chi connectivity index (χ0n) is 15.2. The maximum absolute atomic E-state index is 6.00. The van der Waals surface area contributed by atoms with E-state index >= 15 is 0 Å². The number of nitrogens with zero attached hydrogens (tertiary/aromatic N) is 3. The van der Waals surface area contributed by atoms with Gasteiger partial charge in [0.15, 0.2) is 5.96 Å². The van der Waals surface area contributed by atoms with Crippen LogP contribution in [0.2, 0.25) is 0 Å². The number of halogens is 1. The van der Waals surface area contributed by atoms with E-state index in [9.17, 15) is 0 Å². The van der Waals surface area contributed by atoms with E-state index in [0.717, 1.165) is 38.7 Å². The van der Waals surface area contributed by atoms with E-state index in [1.807, 2.05) is 7.05 Å². The summed E-state index contributed by atoms with van der Waals surface area (Å²) in [7, 11) is 1.85. The van der Waals surface area contributed by atoms with Gasteiger partial charge in [-0.3, -0.25) is 14.8 Å². The first kappa shape index (κ1) is 20.2. The van der Waals surface area contributed by atoms with Crippen LogP contribution < -0.4 is 10.6 Å². The molecule has 7 heteroatoms. The first-order valence-electron chi connectivity index (χ1n) is 9.34. The molecule has 3 unspecified atom stereocenters. The van der Waals surface area contributed by atoms with E-state index in [1.165, 1.54) is 38.8 Å². The molecule has 0 aromatic carbocycles. The summed E-state index contributed by atoms with van der Waals surface area (Å²) in [5.41, 5.74) is 0. The Morgan fingerprint density at radius 1 is 1.17 bits per heavy atom. The molecular weight excluding hydrogens is 417 g/mol. The Morgan fingerprint density at radius 2 is 1.96 bits per heavy atom. The predicted octanol–water partition coefficient (Wildman–Crippen LogP) is 1.12. The van der Waals surface area contributed by atoms with Crippen LogP contribution in [0.5, 0.6) is 0 Å². The number of likely N-dealkylation sites (tertiary alicyclic amines) is 1. The second-order valence-electron chi connectivity index (χ2n) is 7.00. The highest BCUT2D eigenvalue weighted by atomic mass is 127. The normalized spacial score (nSPS) is 31.6. The fourth-order valence-corrected chi connectivity index (χ4v) is 4.20. The molecule has 3 fully saturated rings. The molecule has 3 rings (SSSR count). The molecule has 0 aromatic heterocycles. The van der Waals surface area contributed by atoms with Crippen molar-refractivity contribution in [2.45, 2.75) is 50.8 Å². The summed E-state index contributed by atoms with van der Waals surface area (Å²) >= 11 is 0. The van der Waals surface area contributed by atoms with Crippen LogP contribution in [0, 0.1) is 0 Å². The molecule has 6 nitrogen and oxygen atoms in total. The fourth-order valence-electron chi connectivity index (χ4n) is 4.20. The van der Waals surface area contributed by atoms with Gasteiger partial charge in [-0.05, 0) is 45.3 Å². The zero-order valence-corrected chi connectivity index (χ0v) is 17.5. The van der Waals surface area contributed by atoms with Gasteiger partial charge in [-0.2, -0.15) is 0 Å². The van der Waals surface area contributed by atoms with Gasteiger partial charge in [0.2, 0.25) is 0 Å². The molecule has 140 valence electrons. The van der Waals surface area contributed by atoms with Gasteiger partial charge in [-0.25, -0.2) is 0 Å². The minimum Gasteiger partial charge on any atom is -0.373 e. The van der Waals surface area contributed by atoms with E-state index in [4.69, 9.17) is 4.74 Å². The van der Waals surface area contributed by atoms with E-state index in [0.29, 0.717) is 12.1 Å². The first-order chi connectivity index (χ1) is 11.3. The number of nitrogens with one attached hydrogen (secondary N) is 2. The molecule has 0 amide bonds. The summed E-state index contributed by atoms with van der Waals surface area (Å²) in [5.74, 6) is 0.903. The van der Waals surface area contributed by atoms with Crippen molar-refractivity contribution in [3.63, 3.8) is 0 Å². The summed E-state index contributed by atoms with van der Waals surface area (Å²) < 4.78 is 6.00. The monoisotopic (exact) mass is 451 g/mol. The Hall–Kier alpha value is -0.120. The molecule has 3 saturated heterocycles. The number of likely N-dealkylation sites (N-methyl/N-ethyl adjacent to an activating group) is 1. The van der Waals surface area contributed by atoms with Crippen molar-refractivity contribution in [3.8, 4) is 0 Å². The van der Waals surface area contributed by atoms with Crippen molar-refractivity contribution in [1.29, 1.82) is 0 Å². The van der Waals surface area contributed by atoms with Crippen molar-refractivity contribution in [3.05, 3.63) is 0 Å². The number of hydrogen-bond donors (Lipinski definition) is 2. The van der Waals surface area contributed by atoms with Crippen molar-refractivity contribution in [2.75, 3.05) is 52.9 Å². The number of morpholine rings is 1. The van der Waals surface area contributed by atoms with Crippen LogP contribution in [0.3, 0.4) is 0 Å². The number of ether oxygens (including phenoxy) is 1. The fraction of sp³-hybridized carbons (Fsp3) is 0.941. The molecule has 0 radical (unpaired) electrons. The van der Waals surface area contributed by atoms with Crippen LogP contribution in [0.1, 0.15) is 32.6 Å². The van der Waals surface area contributed by atoms with Gasteiger partial charge in [0, 0.05) is 38.8 Å². The highest BCUT2D eigenvalue weighted by Gasteiger charge is 2.32. The second kappa shape index (κ2) is 10.1. The van der Waals surface area contributed by atoms with Gasteiger partial charge < -0.3 is 15.4 Å². The Bertz CT molecular complexity index is 408. The minimum absolute atomic E-state index is 0. The molecule has 0 aromatic rings. The topological polar surface area (TPSA) is 52.1 Å². The van der Waals surface area contributed by atoms with Crippen LogP contribution in [0.25, 0.3) is 0 Å². The summed E-state index contributed by atoms with van der Waals surface area (Å²) in [6.07, 6.45) is 5.52. The lowest BCUT2D eigenvalue weighted by molar-refractivity contribution is -0.0453. The lowest BCUT2D eigenvalue weighted by atomic mass is 10.2. The largest absolute Gasteiger partial charge is 0.373 e. The average molecular weight is 451 g/mol. The Labute approximate surface area is 163 Å². The van der Waals surface area contributed by atoms with Crippen LogP contribution in [-0.2, 0) is 4.74 Å². The number of aliphatic imine (C=N–C) groups is 1. The maximum Gasteiger partial charge on any atom is 0.191 e. The lowest BCUT2D eigenvalue weighted by Gasteiger charge is -2.35. The molecule has 0 bridgehead atoms. The standard InChI is InChI=1S/C17H33N5O.HI/c1-3-21-8-4-6-14(21)10-19-17(18-2)20-11-16-12-22-9-5-7-15(22)13-23-16;/h14-16H,3-13H2,1-2H3,(H2,18,19,20);1H. The molecule has 0 aliphatic carbocycles. The lowest BCUT2D eigenvalue weighted by Crippen LogP contribution is -2.52. The van der Waals surface area contributed by atoms with E-state index in [2.05, 4.69) is 32.3 Å². The molecule has 0 saturated carbocycles. The summed E-state index contributed by atoms with van der Waals surface area (Å²) in [6, 6.07) is 1.32. The van der Waals surface area contributed by atoms with Crippen LogP contribution >= 0.6 is 24.0 Å². The maximum atomic E-state index is 6.00. The van der Waals surface area contributed by atoms with Crippen LogP contribution in [-0.4, -0.2) is 86.9 Å². The molecule has 3 aliphatic heterocycles. The Morgan fingerprint density at radius 3 is 2.75 bits per heavy atom. The third-order valence-electron chi connectivity index (χ3n) is 5.59. The first-order valence-corrected chi connectivity index (χ1v) is 9.34. The average Bonchev–Trinajstić information content (AvgIpc) is 3.23. The quantitative estimate of drug-likeness (QED) is 0.373. The van der Waals surface area contributed by atoms with E-state index in [1.54, 1.807) is 0 Å². The Balaban J connectivity index is 0.00000208. The smallest absolute Gasteiger partial charge is 0.191 e. The molecule has 3 aliphatic rings. The predicted molar refractivity (Wildman–Crippen MR) is 109 cm³/mol. The molecule has 24 heavy (non-hydrogen) atoms. The summed E-state index contributed by atoms with van der Waals surface area (Å²) in [6.45, 7) is 9.64. The molecule has 3 atom stereocenters. The van der Waals surface area contributed by atoms with Crippen molar-refractivity contribution < 1.29 is 4.74 Å². The highest BCUT2D eigenvalue weighted by Crippen LogP contribution is 2.22. The number of hydrogen-bond acceptors (Lipinski definition) is 4.